The third kappa shape index (κ3) is 7.20. The number of benzene rings is 2. The van der Waals surface area contributed by atoms with Crippen LogP contribution in [0, 0.1) is 5.92 Å². The molecule has 0 aliphatic heterocycles. The lowest BCUT2D eigenvalue weighted by molar-refractivity contribution is 0.295. The van der Waals surface area contributed by atoms with Crippen LogP contribution in [0.3, 0.4) is 0 Å². The third-order valence-electron chi connectivity index (χ3n) is 5.24. The molecule has 3 nitrogen and oxygen atoms in total. The van der Waals surface area contributed by atoms with Gasteiger partial charge in [-0.15, -0.1) is 0 Å². The lowest BCUT2D eigenvalue weighted by atomic mass is 9.82. The standard InChI is InChI=1S/C25H37NO2/c1-5-15-25(26,16-13-20(2)3)19-22-11-12-23(27-4)24(18-22)28-17-14-21-9-7-6-8-10-21/h6-12,18,20H,5,13-17,19,26H2,1-4H3. The average Bonchev–Trinajstić information content (AvgIpc) is 2.68. The van der Waals surface area contributed by atoms with E-state index in [1.165, 1.54) is 11.1 Å². The van der Waals surface area contributed by atoms with Gasteiger partial charge in [0.15, 0.2) is 11.5 Å². The van der Waals surface area contributed by atoms with E-state index < -0.39 is 0 Å². The van der Waals surface area contributed by atoms with Crippen molar-refractivity contribution in [1.82, 2.24) is 0 Å². The van der Waals surface area contributed by atoms with Gasteiger partial charge in [-0.3, -0.25) is 0 Å². The molecule has 28 heavy (non-hydrogen) atoms. The molecule has 154 valence electrons. The Bertz CT molecular complexity index is 699. The second-order valence-electron chi connectivity index (χ2n) is 8.29. The lowest BCUT2D eigenvalue weighted by Crippen LogP contribution is -2.42. The maximum Gasteiger partial charge on any atom is 0.161 e. The van der Waals surface area contributed by atoms with Crippen LogP contribution in [0.1, 0.15) is 57.6 Å². The van der Waals surface area contributed by atoms with Crippen LogP contribution in [0.4, 0.5) is 0 Å². The van der Waals surface area contributed by atoms with Gasteiger partial charge < -0.3 is 15.2 Å². The van der Waals surface area contributed by atoms with Crippen LogP contribution >= 0.6 is 0 Å². The molecule has 0 fully saturated rings. The molecular formula is C25H37NO2. The molecule has 0 radical (unpaired) electrons. The van der Waals surface area contributed by atoms with Crippen molar-refractivity contribution in [2.75, 3.05) is 13.7 Å². The van der Waals surface area contributed by atoms with Crippen LogP contribution in [0.5, 0.6) is 11.5 Å². The third-order valence-corrected chi connectivity index (χ3v) is 5.24. The van der Waals surface area contributed by atoms with Crippen molar-refractivity contribution in [3.8, 4) is 11.5 Å². The molecule has 0 aromatic heterocycles. The highest BCUT2D eigenvalue weighted by Gasteiger charge is 2.25. The first-order valence-corrected chi connectivity index (χ1v) is 10.6. The van der Waals surface area contributed by atoms with Crippen LogP contribution in [0.15, 0.2) is 48.5 Å². The molecule has 2 N–H and O–H groups in total. The van der Waals surface area contributed by atoms with Gasteiger partial charge in [0.05, 0.1) is 13.7 Å². The number of nitrogens with two attached hydrogens (primary N) is 1. The van der Waals surface area contributed by atoms with Crippen LogP contribution < -0.4 is 15.2 Å². The molecular weight excluding hydrogens is 346 g/mol. The number of hydrogen-bond acceptors (Lipinski definition) is 3. The fraction of sp³-hybridized carbons (Fsp3) is 0.520. The Hall–Kier alpha value is -2.00. The zero-order chi connectivity index (χ0) is 20.4. The molecule has 3 heteroatoms. The van der Waals surface area contributed by atoms with E-state index in [9.17, 15) is 0 Å². The Morgan fingerprint density at radius 1 is 0.964 bits per heavy atom. The van der Waals surface area contributed by atoms with Gasteiger partial charge >= 0.3 is 0 Å². The van der Waals surface area contributed by atoms with E-state index in [0.29, 0.717) is 12.5 Å². The minimum absolute atomic E-state index is 0.158. The van der Waals surface area contributed by atoms with Gasteiger partial charge in [0, 0.05) is 12.0 Å². The van der Waals surface area contributed by atoms with Crippen LogP contribution in [0.2, 0.25) is 0 Å². The van der Waals surface area contributed by atoms with E-state index in [2.05, 4.69) is 57.2 Å². The minimum atomic E-state index is -0.158. The maximum absolute atomic E-state index is 6.81. The van der Waals surface area contributed by atoms with Gasteiger partial charge in [0.25, 0.3) is 0 Å². The van der Waals surface area contributed by atoms with Gasteiger partial charge in [-0.1, -0.05) is 63.6 Å². The number of ether oxygens (including phenoxy) is 2. The van der Waals surface area contributed by atoms with E-state index in [1.807, 2.05) is 12.1 Å². The first-order chi connectivity index (χ1) is 13.5. The molecule has 1 unspecified atom stereocenters. The molecule has 0 saturated heterocycles. The summed E-state index contributed by atoms with van der Waals surface area (Å²) in [6, 6.07) is 16.6. The normalized spacial score (nSPS) is 13.4. The molecule has 2 rings (SSSR count). The van der Waals surface area contributed by atoms with E-state index in [4.69, 9.17) is 15.2 Å². The lowest BCUT2D eigenvalue weighted by Gasteiger charge is -2.30. The highest BCUT2D eigenvalue weighted by atomic mass is 16.5. The molecule has 0 spiro atoms. The van der Waals surface area contributed by atoms with Crippen molar-refractivity contribution >= 4 is 0 Å². The number of hydrogen-bond donors (Lipinski definition) is 1. The summed E-state index contributed by atoms with van der Waals surface area (Å²) in [7, 11) is 1.69. The summed E-state index contributed by atoms with van der Waals surface area (Å²) in [5.74, 6) is 2.25. The minimum Gasteiger partial charge on any atom is -0.493 e. The van der Waals surface area contributed by atoms with Gasteiger partial charge in [-0.25, -0.2) is 0 Å². The van der Waals surface area contributed by atoms with Crippen molar-refractivity contribution in [2.24, 2.45) is 11.7 Å². The molecule has 0 aliphatic carbocycles. The zero-order valence-electron chi connectivity index (χ0n) is 18.0. The Morgan fingerprint density at radius 3 is 2.36 bits per heavy atom. The molecule has 0 saturated carbocycles. The topological polar surface area (TPSA) is 44.5 Å². The summed E-state index contributed by atoms with van der Waals surface area (Å²) in [5, 5.41) is 0. The fourth-order valence-electron chi connectivity index (χ4n) is 3.65. The van der Waals surface area contributed by atoms with Crippen LogP contribution in [0.25, 0.3) is 0 Å². The molecule has 0 heterocycles. The van der Waals surface area contributed by atoms with Crippen molar-refractivity contribution in [1.29, 1.82) is 0 Å². The van der Waals surface area contributed by atoms with Crippen LogP contribution in [-0.2, 0) is 12.8 Å². The first kappa shape index (κ1) is 22.3. The van der Waals surface area contributed by atoms with Gasteiger partial charge in [0.1, 0.15) is 0 Å². The summed E-state index contributed by atoms with van der Waals surface area (Å²) in [5.41, 5.74) is 9.15. The van der Waals surface area contributed by atoms with Gasteiger partial charge in [-0.2, -0.15) is 0 Å². The summed E-state index contributed by atoms with van der Waals surface area (Å²) >= 11 is 0. The molecule has 0 amide bonds. The molecule has 2 aromatic carbocycles. The molecule has 0 aliphatic rings. The largest absolute Gasteiger partial charge is 0.493 e. The Morgan fingerprint density at radius 2 is 1.71 bits per heavy atom. The Labute approximate surface area is 171 Å². The molecule has 2 aromatic rings. The summed E-state index contributed by atoms with van der Waals surface area (Å²) < 4.78 is 11.6. The van der Waals surface area contributed by atoms with Crippen LogP contribution in [-0.4, -0.2) is 19.3 Å². The van der Waals surface area contributed by atoms with E-state index in [1.54, 1.807) is 7.11 Å². The first-order valence-electron chi connectivity index (χ1n) is 10.6. The average molecular weight is 384 g/mol. The maximum atomic E-state index is 6.81. The van der Waals surface area contributed by atoms with Crippen molar-refractivity contribution < 1.29 is 9.47 Å². The summed E-state index contributed by atoms with van der Waals surface area (Å²) in [6.45, 7) is 7.36. The second kappa shape index (κ2) is 11.1. The van der Waals surface area contributed by atoms with Crippen molar-refractivity contribution in [3.05, 3.63) is 59.7 Å². The second-order valence-corrected chi connectivity index (χ2v) is 8.29. The van der Waals surface area contributed by atoms with E-state index in [0.717, 1.165) is 50.0 Å². The van der Waals surface area contributed by atoms with E-state index >= 15 is 0 Å². The SMILES string of the molecule is CCCC(N)(CCC(C)C)Cc1ccc(OC)c(OCCc2ccccc2)c1. The number of rotatable bonds is 12. The Balaban J connectivity index is 2.06. The van der Waals surface area contributed by atoms with Crippen molar-refractivity contribution in [3.63, 3.8) is 0 Å². The predicted octanol–water partition coefficient (Wildman–Crippen LogP) is 5.79. The highest BCUT2D eigenvalue weighted by molar-refractivity contribution is 5.43. The van der Waals surface area contributed by atoms with Gasteiger partial charge in [0.2, 0.25) is 0 Å². The highest BCUT2D eigenvalue weighted by Crippen LogP contribution is 2.31. The fourth-order valence-corrected chi connectivity index (χ4v) is 3.65. The Kier molecular flexibility index (Phi) is 8.85. The van der Waals surface area contributed by atoms with E-state index in [-0.39, 0.29) is 5.54 Å². The smallest absolute Gasteiger partial charge is 0.161 e. The summed E-state index contributed by atoms with van der Waals surface area (Å²) in [6.07, 6.45) is 6.09. The quantitative estimate of drug-likeness (QED) is 0.504. The molecule has 1 atom stereocenters. The monoisotopic (exact) mass is 383 g/mol. The molecule has 0 bridgehead atoms. The summed E-state index contributed by atoms with van der Waals surface area (Å²) in [4.78, 5) is 0. The predicted molar refractivity (Wildman–Crippen MR) is 118 cm³/mol. The zero-order valence-corrected chi connectivity index (χ0v) is 18.0. The number of methoxy groups -OCH3 is 1. The van der Waals surface area contributed by atoms with Gasteiger partial charge in [-0.05, 0) is 54.9 Å². The van der Waals surface area contributed by atoms with Crippen molar-refractivity contribution in [2.45, 2.75) is 64.8 Å².